The SMILES string of the molecule is CCCN1C(=S)N[C@H](c2ccccn2)[C@H]1c1cc(C)n(-c2cccc(C)c2)c1C. The van der Waals surface area contributed by atoms with Crippen molar-refractivity contribution in [2.75, 3.05) is 6.54 Å². The van der Waals surface area contributed by atoms with Crippen LogP contribution < -0.4 is 5.32 Å². The smallest absolute Gasteiger partial charge is 0.170 e. The van der Waals surface area contributed by atoms with E-state index in [-0.39, 0.29) is 12.1 Å². The van der Waals surface area contributed by atoms with Crippen LogP contribution in [0.1, 0.15) is 53.6 Å². The van der Waals surface area contributed by atoms with Gasteiger partial charge in [0.2, 0.25) is 0 Å². The van der Waals surface area contributed by atoms with Crippen LogP contribution in [-0.2, 0) is 0 Å². The topological polar surface area (TPSA) is 33.1 Å². The molecule has 0 aliphatic carbocycles. The van der Waals surface area contributed by atoms with Gasteiger partial charge >= 0.3 is 0 Å². The van der Waals surface area contributed by atoms with E-state index in [1.807, 2.05) is 18.3 Å². The highest BCUT2D eigenvalue weighted by Gasteiger charge is 2.40. The maximum absolute atomic E-state index is 5.73. The van der Waals surface area contributed by atoms with Crippen molar-refractivity contribution in [2.45, 2.75) is 46.2 Å². The van der Waals surface area contributed by atoms with Gasteiger partial charge in [0.1, 0.15) is 0 Å². The number of thiocarbonyl (C=S) groups is 1. The summed E-state index contributed by atoms with van der Waals surface area (Å²) in [5.41, 5.74) is 7.29. The van der Waals surface area contributed by atoms with Gasteiger partial charge < -0.3 is 14.8 Å². The van der Waals surface area contributed by atoms with Crippen LogP contribution in [0.5, 0.6) is 0 Å². The van der Waals surface area contributed by atoms with E-state index in [4.69, 9.17) is 12.2 Å². The fourth-order valence-electron chi connectivity index (χ4n) is 4.48. The average Bonchev–Trinajstić information content (AvgIpc) is 3.18. The molecule has 1 N–H and O–H groups in total. The summed E-state index contributed by atoms with van der Waals surface area (Å²) in [7, 11) is 0. The van der Waals surface area contributed by atoms with Crippen molar-refractivity contribution in [1.29, 1.82) is 0 Å². The van der Waals surface area contributed by atoms with Crippen molar-refractivity contribution in [2.24, 2.45) is 0 Å². The van der Waals surface area contributed by atoms with E-state index in [1.54, 1.807) is 0 Å². The Morgan fingerprint density at radius 1 is 1.07 bits per heavy atom. The van der Waals surface area contributed by atoms with Crippen LogP contribution in [0.2, 0.25) is 0 Å². The zero-order valence-electron chi connectivity index (χ0n) is 17.5. The molecule has 3 heterocycles. The molecule has 0 saturated carbocycles. The number of nitrogens with zero attached hydrogens (tertiary/aromatic N) is 3. The molecule has 1 aromatic carbocycles. The molecule has 1 aliphatic heterocycles. The van der Waals surface area contributed by atoms with Crippen molar-refractivity contribution in [3.8, 4) is 5.69 Å². The molecule has 4 nitrogen and oxygen atoms in total. The second kappa shape index (κ2) is 7.99. The Hall–Kier alpha value is -2.66. The number of aromatic nitrogens is 2. The van der Waals surface area contributed by atoms with E-state index >= 15 is 0 Å². The summed E-state index contributed by atoms with van der Waals surface area (Å²) in [5.74, 6) is 0. The standard InChI is InChI=1S/C24H28N4S/c1-5-13-27-23(22(26-24(27)29)21-11-6-7-12-25-21)20-15-17(3)28(18(20)4)19-10-8-9-16(2)14-19/h6-12,14-15,22-23H,5,13H2,1-4H3,(H,26,29)/t22-,23-/m1/s1. The monoisotopic (exact) mass is 404 g/mol. The molecule has 29 heavy (non-hydrogen) atoms. The molecule has 1 saturated heterocycles. The Balaban J connectivity index is 1.84. The number of pyridine rings is 1. The normalized spacial score (nSPS) is 18.9. The second-order valence-electron chi connectivity index (χ2n) is 7.82. The third-order valence-corrected chi connectivity index (χ3v) is 6.06. The summed E-state index contributed by atoms with van der Waals surface area (Å²) in [6.07, 6.45) is 2.90. The number of aryl methyl sites for hydroxylation is 2. The zero-order valence-corrected chi connectivity index (χ0v) is 18.3. The summed E-state index contributed by atoms with van der Waals surface area (Å²) in [4.78, 5) is 6.97. The third-order valence-electron chi connectivity index (χ3n) is 5.71. The van der Waals surface area contributed by atoms with E-state index in [0.29, 0.717) is 0 Å². The quantitative estimate of drug-likeness (QED) is 0.594. The Kier molecular flexibility index (Phi) is 5.41. The van der Waals surface area contributed by atoms with Crippen LogP contribution in [0, 0.1) is 20.8 Å². The molecule has 2 aromatic heterocycles. The highest BCUT2D eigenvalue weighted by atomic mass is 32.1. The van der Waals surface area contributed by atoms with Crippen molar-refractivity contribution < 1.29 is 0 Å². The minimum Gasteiger partial charge on any atom is -0.352 e. The van der Waals surface area contributed by atoms with Crippen LogP contribution in [0.4, 0.5) is 0 Å². The largest absolute Gasteiger partial charge is 0.352 e. The van der Waals surface area contributed by atoms with Crippen LogP contribution in [-0.4, -0.2) is 26.1 Å². The number of hydrogen-bond acceptors (Lipinski definition) is 2. The van der Waals surface area contributed by atoms with Gasteiger partial charge in [0.25, 0.3) is 0 Å². The molecule has 0 amide bonds. The molecule has 150 valence electrons. The summed E-state index contributed by atoms with van der Waals surface area (Å²) in [6.45, 7) is 9.65. The fourth-order valence-corrected chi connectivity index (χ4v) is 4.81. The van der Waals surface area contributed by atoms with Gasteiger partial charge in [-0.2, -0.15) is 0 Å². The van der Waals surface area contributed by atoms with E-state index in [2.05, 4.69) is 83.9 Å². The molecule has 0 unspecified atom stereocenters. The fraction of sp³-hybridized carbons (Fsp3) is 0.333. The average molecular weight is 405 g/mol. The van der Waals surface area contributed by atoms with Crippen molar-refractivity contribution in [1.82, 2.24) is 19.8 Å². The van der Waals surface area contributed by atoms with E-state index in [1.165, 1.54) is 28.2 Å². The summed E-state index contributed by atoms with van der Waals surface area (Å²) in [5, 5.41) is 4.36. The lowest BCUT2D eigenvalue weighted by Gasteiger charge is -2.27. The molecule has 3 aromatic rings. The van der Waals surface area contributed by atoms with Gasteiger partial charge in [-0.15, -0.1) is 0 Å². The van der Waals surface area contributed by atoms with Crippen LogP contribution in [0.3, 0.4) is 0 Å². The molecular formula is C24H28N4S. The van der Waals surface area contributed by atoms with Gasteiger partial charge in [0.05, 0.1) is 17.8 Å². The summed E-state index contributed by atoms with van der Waals surface area (Å²) < 4.78 is 2.35. The molecule has 0 bridgehead atoms. The lowest BCUT2D eigenvalue weighted by Crippen LogP contribution is -2.30. The predicted octanol–water partition coefficient (Wildman–Crippen LogP) is 5.18. The maximum atomic E-state index is 5.73. The van der Waals surface area contributed by atoms with Crippen molar-refractivity contribution in [3.05, 3.63) is 82.9 Å². The summed E-state index contributed by atoms with van der Waals surface area (Å²) >= 11 is 5.73. The Bertz CT molecular complexity index is 1020. The molecule has 2 atom stereocenters. The molecule has 1 fully saturated rings. The highest BCUT2D eigenvalue weighted by Crippen LogP contribution is 2.41. The van der Waals surface area contributed by atoms with Crippen LogP contribution >= 0.6 is 12.2 Å². The Morgan fingerprint density at radius 3 is 2.59 bits per heavy atom. The number of hydrogen-bond donors (Lipinski definition) is 1. The van der Waals surface area contributed by atoms with E-state index < -0.39 is 0 Å². The highest BCUT2D eigenvalue weighted by molar-refractivity contribution is 7.80. The molecular weight excluding hydrogens is 376 g/mol. The first kappa shape index (κ1) is 19.6. The first-order valence-corrected chi connectivity index (χ1v) is 10.7. The van der Waals surface area contributed by atoms with Gasteiger partial charge in [-0.25, -0.2) is 0 Å². The van der Waals surface area contributed by atoms with Crippen molar-refractivity contribution >= 4 is 17.3 Å². The van der Waals surface area contributed by atoms with Gasteiger partial charge in [0, 0.05) is 29.8 Å². The van der Waals surface area contributed by atoms with Gasteiger partial charge in [-0.05, 0) is 80.9 Å². The molecule has 0 spiro atoms. The maximum Gasteiger partial charge on any atom is 0.170 e. The number of nitrogens with one attached hydrogen (secondary N) is 1. The molecule has 0 radical (unpaired) electrons. The zero-order chi connectivity index (χ0) is 20.5. The lowest BCUT2D eigenvalue weighted by atomic mass is 9.96. The first-order valence-electron chi connectivity index (χ1n) is 10.2. The Labute approximate surface area is 178 Å². The van der Waals surface area contributed by atoms with E-state index in [9.17, 15) is 0 Å². The minimum atomic E-state index is 0.0432. The van der Waals surface area contributed by atoms with Gasteiger partial charge in [-0.1, -0.05) is 25.1 Å². The summed E-state index contributed by atoms with van der Waals surface area (Å²) in [6, 6.07) is 17.2. The lowest BCUT2D eigenvalue weighted by molar-refractivity contribution is 0.316. The predicted molar refractivity (Wildman–Crippen MR) is 122 cm³/mol. The first-order chi connectivity index (χ1) is 14.0. The Morgan fingerprint density at radius 2 is 1.90 bits per heavy atom. The second-order valence-corrected chi connectivity index (χ2v) is 8.21. The third kappa shape index (κ3) is 3.55. The molecule has 5 heteroatoms. The van der Waals surface area contributed by atoms with Gasteiger partial charge in [-0.3, -0.25) is 4.98 Å². The van der Waals surface area contributed by atoms with Crippen LogP contribution in [0.15, 0.2) is 54.7 Å². The van der Waals surface area contributed by atoms with E-state index in [0.717, 1.165) is 23.8 Å². The number of benzene rings is 1. The molecule has 4 rings (SSSR count). The minimum absolute atomic E-state index is 0.0432. The van der Waals surface area contributed by atoms with Crippen LogP contribution in [0.25, 0.3) is 5.69 Å². The molecule has 1 aliphatic rings. The number of rotatable bonds is 5. The van der Waals surface area contributed by atoms with Crippen molar-refractivity contribution in [3.63, 3.8) is 0 Å². The van der Waals surface area contributed by atoms with Gasteiger partial charge in [0.15, 0.2) is 5.11 Å².